The van der Waals surface area contributed by atoms with E-state index < -0.39 is 17.8 Å². The van der Waals surface area contributed by atoms with E-state index in [4.69, 9.17) is 4.74 Å². The summed E-state index contributed by atoms with van der Waals surface area (Å²) in [5.41, 5.74) is 1.38. The van der Waals surface area contributed by atoms with Crippen LogP contribution in [0.1, 0.15) is 17.2 Å². The Bertz CT molecular complexity index is 1170. The van der Waals surface area contributed by atoms with E-state index in [-0.39, 0.29) is 0 Å². The molecule has 1 unspecified atom stereocenters. The molecule has 1 aliphatic heterocycles. The Hall–Kier alpha value is -2.98. The van der Waals surface area contributed by atoms with Crippen molar-refractivity contribution in [3.05, 3.63) is 64.4 Å². The highest BCUT2D eigenvalue weighted by Gasteiger charge is 2.32. The first-order valence-electron chi connectivity index (χ1n) is 9.28. The van der Waals surface area contributed by atoms with Gasteiger partial charge in [-0.3, -0.25) is 0 Å². The number of fused-ring (bicyclic) bond motifs is 1. The van der Waals surface area contributed by atoms with Gasteiger partial charge in [-0.05, 0) is 41.3 Å². The first-order chi connectivity index (χ1) is 14.5. The van der Waals surface area contributed by atoms with Gasteiger partial charge in [-0.15, -0.1) is 15.3 Å². The summed E-state index contributed by atoms with van der Waals surface area (Å²) < 4.78 is 46.7. The van der Waals surface area contributed by atoms with Gasteiger partial charge in [-0.1, -0.05) is 12.1 Å². The van der Waals surface area contributed by atoms with Crippen LogP contribution in [0, 0.1) is 0 Å². The number of hydrogen-bond donors (Lipinski definition) is 0. The fraction of sp³-hybridized carbons (Fsp3) is 0.250. The minimum absolute atomic E-state index is 0.389. The van der Waals surface area contributed by atoms with Crippen LogP contribution in [0.15, 0.2) is 53.2 Å². The van der Waals surface area contributed by atoms with Crippen LogP contribution in [-0.4, -0.2) is 39.5 Å². The summed E-state index contributed by atoms with van der Waals surface area (Å²) in [6.45, 7) is 1.37. The SMILES string of the molecule is FC(F)(F)c1cccc(C2CN(c3ccc4nnc(-c5ccsc5)n4n3)CCO2)c1. The van der Waals surface area contributed by atoms with Crippen LogP contribution < -0.4 is 4.90 Å². The Morgan fingerprint density at radius 2 is 2.00 bits per heavy atom. The highest BCUT2D eigenvalue weighted by molar-refractivity contribution is 7.08. The quantitative estimate of drug-likeness (QED) is 0.480. The Labute approximate surface area is 173 Å². The number of thiophene rings is 1. The Morgan fingerprint density at radius 1 is 1.10 bits per heavy atom. The minimum Gasteiger partial charge on any atom is -0.370 e. The third-order valence-electron chi connectivity index (χ3n) is 5.00. The zero-order valence-corrected chi connectivity index (χ0v) is 16.4. The molecule has 3 aromatic heterocycles. The molecule has 10 heteroatoms. The number of alkyl halides is 3. The summed E-state index contributed by atoms with van der Waals surface area (Å²) in [7, 11) is 0. The van der Waals surface area contributed by atoms with Gasteiger partial charge >= 0.3 is 6.18 Å². The summed E-state index contributed by atoms with van der Waals surface area (Å²) in [6, 6.07) is 10.9. The van der Waals surface area contributed by atoms with Crippen LogP contribution in [-0.2, 0) is 10.9 Å². The predicted molar refractivity (Wildman–Crippen MR) is 106 cm³/mol. The largest absolute Gasteiger partial charge is 0.416 e. The molecule has 4 aromatic rings. The Balaban J connectivity index is 1.44. The zero-order valence-electron chi connectivity index (χ0n) is 15.6. The molecular formula is C20H16F3N5OS. The van der Waals surface area contributed by atoms with Crippen LogP contribution in [0.4, 0.5) is 19.0 Å². The predicted octanol–water partition coefficient (Wildman–Crippen LogP) is 4.45. The molecule has 1 aliphatic rings. The summed E-state index contributed by atoms with van der Waals surface area (Å²) in [6.07, 6.45) is -4.86. The van der Waals surface area contributed by atoms with Crippen LogP contribution >= 0.6 is 11.3 Å². The molecule has 154 valence electrons. The lowest BCUT2D eigenvalue weighted by Gasteiger charge is -2.34. The number of aromatic nitrogens is 4. The van der Waals surface area contributed by atoms with Crippen molar-refractivity contribution in [3.8, 4) is 11.4 Å². The molecule has 6 nitrogen and oxygen atoms in total. The van der Waals surface area contributed by atoms with Crippen molar-refractivity contribution in [1.29, 1.82) is 0 Å². The van der Waals surface area contributed by atoms with Crippen molar-refractivity contribution in [2.45, 2.75) is 12.3 Å². The molecule has 5 rings (SSSR count). The molecule has 0 radical (unpaired) electrons. The van der Waals surface area contributed by atoms with Crippen molar-refractivity contribution in [1.82, 2.24) is 19.8 Å². The number of nitrogens with zero attached hydrogens (tertiary/aromatic N) is 5. The lowest BCUT2D eigenvalue weighted by atomic mass is 10.0. The number of anilines is 1. The molecule has 30 heavy (non-hydrogen) atoms. The van der Waals surface area contributed by atoms with Crippen LogP contribution in [0.2, 0.25) is 0 Å². The maximum absolute atomic E-state index is 13.1. The lowest BCUT2D eigenvalue weighted by molar-refractivity contribution is -0.137. The van der Waals surface area contributed by atoms with Crippen LogP contribution in [0.5, 0.6) is 0 Å². The van der Waals surface area contributed by atoms with Crippen molar-refractivity contribution in [2.75, 3.05) is 24.6 Å². The molecule has 1 saturated heterocycles. The fourth-order valence-electron chi connectivity index (χ4n) is 3.49. The van der Waals surface area contributed by atoms with Gasteiger partial charge in [0.1, 0.15) is 11.9 Å². The first-order valence-corrected chi connectivity index (χ1v) is 10.2. The molecule has 0 amide bonds. The average molecular weight is 431 g/mol. The van der Waals surface area contributed by atoms with Crippen LogP contribution in [0.25, 0.3) is 17.0 Å². The molecule has 1 fully saturated rings. The summed E-state index contributed by atoms with van der Waals surface area (Å²) >= 11 is 1.56. The number of benzene rings is 1. The molecule has 0 aliphatic carbocycles. The van der Waals surface area contributed by atoms with Gasteiger partial charge in [0.05, 0.1) is 12.2 Å². The van der Waals surface area contributed by atoms with Crippen molar-refractivity contribution in [3.63, 3.8) is 0 Å². The summed E-state index contributed by atoms with van der Waals surface area (Å²) in [5.74, 6) is 1.34. The second-order valence-electron chi connectivity index (χ2n) is 6.93. The zero-order chi connectivity index (χ0) is 20.7. The molecule has 0 spiro atoms. The standard InChI is InChI=1S/C20H16F3N5OS/c21-20(22,23)15-3-1-2-13(10-15)16-11-27(7-8-29-16)18-5-4-17-24-25-19(28(17)26-18)14-6-9-30-12-14/h1-6,9-10,12,16H,7-8,11H2. The van der Waals surface area contributed by atoms with Gasteiger partial charge in [0.25, 0.3) is 0 Å². The van der Waals surface area contributed by atoms with Crippen LogP contribution in [0.3, 0.4) is 0 Å². The number of rotatable bonds is 3. The minimum atomic E-state index is -4.39. The molecule has 0 saturated carbocycles. The third kappa shape index (κ3) is 3.52. The van der Waals surface area contributed by atoms with E-state index in [1.165, 1.54) is 6.07 Å². The van der Waals surface area contributed by atoms with E-state index in [1.54, 1.807) is 21.9 Å². The van der Waals surface area contributed by atoms with E-state index >= 15 is 0 Å². The van der Waals surface area contributed by atoms with E-state index in [2.05, 4.69) is 15.3 Å². The van der Waals surface area contributed by atoms with Gasteiger partial charge in [0, 0.05) is 24.0 Å². The molecule has 1 atom stereocenters. The first kappa shape index (κ1) is 19.0. The smallest absolute Gasteiger partial charge is 0.370 e. The van der Waals surface area contributed by atoms with Crippen molar-refractivity contribution >= 4 is 22.8 Å². The van der Waals surface area contributed by atoms with Gasteiger partial charge < -0.3 is 9.64 Å². The molecule has 0 N–H and O–H groups in total. The second-order valence-corrected chi connectivity index (χ2v) is 7.71. The number of morpholine rings is 1. The topological polar surface area (TPSA) is 55.6 Å². The van der Waals surface area contributed by atoms with E-state index in [0.717, 1.165) is 17.7 Å². The van der Waals surface area contributed by atoms with Gasteiger partial charge in [-0.25, -0.2) is 0 Å². The van der Waals surface area contributed by atoms with Gasteiger partial charge in [0.2, 0.25) is 0 Å². The maximum Gasteiger partial charge on any atom is 0.416 e. The van der Waals surface area contributed by atoms with E-state index in [1.807, 2.05) is 33.9 Å². The van der Waals surface area contributed by atoms with E-state index in [0.29, 0.717) is 42.5 Å². The molecule has 4 heterocycles. The van der Waals surface area contributed by atoms with Crippen molar-refractivity contribution in [2.24, 2.45) is 0 Å². The second kappa shape index (κ2) is 7.37. The monoisotopic (exact) mass is 431 g/mol. The third-order valence-corrected chi connectivity index (χ3v) is 5.69. The lowest BCUT2D eigenvalue weighted by Crippen LogP contribution is -2.39. The average Bonchev–Trinajstić information content (AvgIpc) is 3.42. The van der Waals surface area contributed by atoms with Crippen molar-refractivity contribution < 1.29 is 17.9 Å². The summed E-state index contributed by atoms with van der Waals surface area (Å²) in [5, 5.41) is 17.0. The highest BCUT2D eigenvalue weighted by atomic mass is 32.1. The van der Waals surface area contributed by atoms with E-state index in [9.17, 15) is 13.2 Å². The molecule has 1 aromatic carbocycles. The number of ether oxygens (including phenoxy) is 1. The normalized spacial score (nSPS) is 17.6. The highest BCUT2D eigenvalue weighted by Crippen LogP contribution is 2.33. The molecule has 0 bridgehead atoms. The summed E-state index contributed by atoms with van der Waals surface area (Å²) in [4.78, 5) is 2.01. The number of hydrogen-bond acceptors (Lipinski definition) is 6. The van der Waals surface area contributed by atoms with Gasteiger partial charge in [-0.2, -0.15) is 29.0 Å². The Kier molecular flexibility index (Phi) is 4.67. The number of halogens is 3. The van der Waals surface area contributed by atoms with Gasteiger partial charge in [0.15, 0.2) is 11.5 Å². The fourth-order valence-corrected chi connectivity index (χ4v) is 4.13. The molecular weight excluding hydrogens is 415 g/mol. The Morgan fingerprint density at radius 3 is 2.80 bits per heavy atom. The maximum atomic E-state index is 13.1.